The monoisotopic (exact) mass is 619 g/mol. The molecule has 3 atom stereocenters. The average Bonchev–Trinajstić information content (AvgIpc) is 3.69. The Balaban J connectivity index is 1.27. The molecule has 0 unspecified atom stereocenters. The first-order valence-electron chi connectivity index (χ1n) is 15.7. The summed E-state index contributed by atoms with van der Waals surface area (Å²) in [6.07, 6.45) is 7.68. The third-order valence-corrected chi connectivity index (χ3v) is 11.4. The summed E-state index contributed by atoms with van der Waals surface area (Å²) in [6.45, 7) is 4.79. The molecule has 0 bridgehead atoms. The first kappa shape index (κ1) is 29.5. The number of likely N-dealkylation sites (N-methyl/N-ethyl adjacent to an activating group) is 2. The van der Waals surface area contributed by atoms with Gasteiger partial charge in [-0.2, -0.15) is 15.2 Å². The van der Waals surface area contributed by atoms with Gasteiger partial charge >= 0.3 is 0 Å². The average molecular weight is 620 g/mol. The van der Waals surface area contributed by atoms with E-state index < -0.39 is 0 Å². The molecule has 0 saturated carbocycles. The van der Waals surface area contributed by atoms with E-state index >= 15 is 0 Å². The molecule has 12 heteroatoms. The minimum absolute atomic E-state index is 0.0627. The number of likely N-dealkylation sites (tertiary alicyclic amines) is 1. The lowest BCUT2D eigenvalue weighted by atomic mass is 9.62. The van der Waals surface area contributed by atoms with Crippen LogP contribution in [0.4, 0.5) is 5.00 Å². The molecule has 2 saturated heterocycles. The molecule has 7 rings (SSSR count). The van der Waals surface area contributed by atoms with Crippen molar-refractivity contribution < 1.29 is 18.7 Å². The smallest absolute Gasteiger partial charge is 0.221 e. The van der Waals surface area contributed by atoms with Gasteiger partial charge in [0.05, 0.1) is 30.5 Å². The molecule has 44 heavy (non-hydrogen) atoms. The zero-order valence-electron chi connectivity index (χ0n) is 26.0. The molecule has 234 valence electrons. The van der Waals surface area contributed by atoms with Crippen molar-refractivity contribution in [1.82, 2.24) is 24.9 Å². The second-order valence-corrected chi connectivity index (χ2v) is 14.3. The van der Waals surface area contributed by atoms with Crippen LogP contribution in [0.15, 0.2) is 10.6 Å². The molecule has 2 fully saturated rings. The van der Waals surface area contributed by atoms with E-state index in [0.29, 0.717) is 59.8 Å². The quantitative estimate of drug-likeness (QED) is 0.389. The van der Waals surface area contributed by atoms with Gasteiger partial charge in [0, 0.05) is 21.9 Å². The number of ether oxygens (including phenoxy) is 3. The van der Waals surface area contributed by atoms with Gasteiger partial charge in [-0.15, -0.1) is 11.3 Å². The molecule has 0 aromatic carbocycles. The number of aryl methyl sites for hydroxylation is 1. The third-order valence-electron chi connectivity index (χ3n) is 10.4. The number of aromatic nitrogens is 3. The number of hydrogen-bond acceptors (Lipinski definition) is 12. The summed E-state index contributed by atoms with van der Waals surface area (Å²) < 4.78 is 24.5. The first-order chi connectivity index (χ1) is 21.2. The van der Waals surface area contributed by atoms with Crippen LogP contribution in [0, 0.1) is 11.3 Å². The Kier molecular flexibility index (Phi) is 7.56. The van der Waals surface area contributed by atoms with Gasteiger partial charge in [-0.25, -0.2) is 0 Å². The lowest BCUT2D eigenvalue weighted by Gasteiger charge is -2.45. The molecule has 11 nitrogen and oxygen atoms in total. The summed E-state index contributed by atoms with van der Waals surface area (Å²) in [6, 6.07) is 4.49. The Labute approximate surface area is 262 Å². The van der Waals surface area contributed by atoms with Crippen LogP contribution in [0.3, 0.4) is 0 Å². The van der Waals surface area contributed by atoms with Crippen LogP contribution in [-0.4, -0.2) is 90.1 Å². The highest BCUT2D eigenvalue weighted by Crippen LogP contribution is 2.54. The number of anilines is 1. The topological polar surface area (TPSA) is 136 Å². The minimum Gasteiger partial charge on any atom is -0.475 e. The molecule has 5 heterocycles. The molecular formula is C32H41N7O4S. The van der Waals surface area contributed by atoms with Crippen LogP contribution >= 0.6 is 11.3 Å². The fourth-order valence-corrected chi connectivity index (χ4v) is 8.85. The van der Waals surface area contributed by atoms with Gasteiger partial charge in [-0.05, 0) is 91.5 Å². The number of fused-ring (bicyclic) bond motifs is 4. The van der Waals surface area contributed by atoms with Gasteiger partial charge in [0.1, 0.15) is 29.3 Å². The number of nitrogens with zero attached hydrogens (tertiary/aromatic N) is 6. The molecule has 0 radical (unpaired) electrons. The van der Waals surface area contributed by atoms with Gasteiger partial charge < -0.3 is 24.5 Å². The van der Waals surface area contributed by atoms with Crippen LogP contribution in [0.2, 0.25) is 0 Å². The Hall–Kier alpha value is -3.24. The molecule has 2 aliphatic carbocycles. The maximum atomic E-state index is 10.1. The second-order valence-electron chi connectivity index (χ2n) is 13.2. The fraction of sp³-hybridized carbons (Fsp3) is 0.625. The van der Waals surface area contributed by atoms with Crippen LogP contribution < -0.4 is 15.2 Å². The Morgan fingerprint density at radius 2 is 1.98 bits per heavy atom. The van der Waals surface area contributed by atoms with E-state index in [9.17, 15) is 5.26 Å². The molecule has 2 aliphatic heterocycles. The summed E-state index contributed by atoms with van der Waals surface area (Å²) in [7, 11) is 6.22. The molecule has 0 amide bonds. The van der Waals surface area contributed by atoms with E-state index in [1.165, 1.54) is 4.88 Å². The summed E-state index contributed by atoms with van der Waals surface area (Å²) in [5.74, 6) is 1.83. The van der Waals surface area contributed by atoms with E-state index in [-0.39, 0.29) is 17.1 Å². The number of nitrogen functional groups attached to an aromatic ring is 1. The molecule has 3 aromatic rings. The Bertz CT molecular complexity index is 1590. The summed E-state index contributed by atoms with van der Waals surface area (Å²) in [5, 5.41) is 15.4. The number of nitriles is 1. The van der Waals surface area contributed by atoms with Gasteiger partial charge in [-0.1, -0.05) is 5.16 Å². The molecule has 4 aliphatic rings. The SMILES string of the molecule is C[C@H](Oc1cc(OCC2(N(C)C)COC2)nc(-c2onc3c2CCC[C@@]32CCCc3sc(N)c(C#N)c32)n1)[C@@H]1CCCN1C. The van der Waals surface area contributed by atoms with E-state index in [1.807, 2.05) is 14.1 Å². The van der Waals surface area contributed by atoms with Crippen molar-refractivity contribution in [2.24, 2.45) is 0 Å². The highest BCUT2D eigenvalue weighted by Gasteiger charge is 2.48. The summed E-state index contributed by atoms with van der Waals surface area (Å²) in [4.78, 5) is 15.4. The molecule has 3 aromatic heterocycles. The Morgan fingerprint density at radius 3 is 2.66 bits per heavy atom. The van der Waals surface area contributed by atoms with Crippen molar-refractivity contribution in [2.75, 3.05) is 53.2 Å². The van der Waals surface area contributed by atoms with E-state index in [2.05, 4.69) is 29.8 Å². The largest absolute Gasteiger partial charge is 0.475 e. The summed E-state index contributed by atoms with van der Waals surface area (Å²) >= 11 is 1.55. The molecule has 2 N–H and O–H groups in total. The third kappa shape index (κ3) is 4.76. The van der Waals surface area contributed by atoms with Crippen molar-refractivity contribution in [3.05, 3.63) is 33.3 Å². The number of thiophene rings is 1. The maximum Gasteiger partial charge on any atom is 0.221 e. The molecular weight excluding hydrogens is 578 g/mol. The van der Waals surface area contributed by atoms with Gasteiger partial charge in [0.15, 0.2) is 0 Å². The normalized spacial score (nSPS) is 24.9. The lowest BCUT2D eigenvalue weighted by molar-refractivity contribution is -0.141. The van der Waals surface area contributed by atoms with Gasteiger partial charge in [0.2, 0.25) is 23.3 Å². The summed E-state index contributed by atoms with van der Waals surface area (Å²) in [5.41, 5.74) is 9.31. The van der Waals surface area contributed by atoms with Crippen molar-refractivity contribution in [2.45, 2.75) is 81.4 Å². The highest BCUT2D eigenvalue weighted by atomic mass is 32.1. The number of nitrogens with two attached hydrogens (primary N) is 1. The number of hydrogen-bond donors (Lipinski definition) is 1. The highest BCUT2D eigenvalue weighted by molar-refractivity contribution is 7.16. The van der Waals surface area contributed by atoms with E-state index in [1.54, 1.807) is 17.4 Å². The van der Waals surface area contributed by atoms with Crippen molar-refractivity contribution in [1.29, 1.82) is 5.26 Å². The Morgan fingerprint density at radius 1 is 1.20 bits per heavy atom. The van der Waals surface area contributed by atoms with E-state index in [4.69, 9.17) is 39.6 Å². The van der Waals surface area contributed by atoms with Crippen LogP contribution in [0.25, 0.3) is 11.6 Å². The predicted octanol–water partition coefficient (Wildman–Crippen LogP) is 4.18. The minimum atomic E-state index is -0.389. The lowest BCUT2D eigenvalue weighted by Crippen LogP contribution is -2.63. The van der Waals surface area contributed by atoms with Crippen molar-refractivity contribution in [3.8, 4) is 29.4 Å². The van der Waals surface area contributed by atoms with Crippen LogP contribution in [0.5, 0.6) is 11.8 Å². The van der Waals surface area contributed by atoms with Crippen molar-refractivity contribution in [3.63, 3.8) is 0 Å². The standard InChI is InChI=1S/C32H41N7O4S/c1-19(22-9-7-13-39(22)4)42-25-14-24(41-18-31(38(2)3)16-40-17-31)35-30(36-25)27-20-8-5-11-32(28(20)37-43-27)12-6-10-23-26(32)21(15-33)29(34)44-23/h14,19,22H,5-13,16-18,34H2,1-4H3/t19-,22-,32-/m0/s1. The van der Waals surface area contributed by atoms with Crippen LogP contribution in [0.1, 0.15) is 72.7 Å². The fourth-order valence-electron chi connectivity index (χ4n) is 7.69. The van der Waals surface area contributed by atoms with E-state index in [0.717, 1.165) is 74.7 Å². The predicted molar refractivity (Wildman–Crippen MR) is 166 cm³/mol. The van der Waals surface area contributed by atoms with Crippen molar-refractivity contribution >= 4 is 16.3 Å². The zero-order chi connectivity index (χ0) is 30.6. The first-order valence-corrected chi connectivity index (χ1v) is 16.5. The maximum absolute atomic E-state index is 10.1. The van der Waals surface area contributed by atoms with Crippen LogP contribution in [-0.2, 0) is 23.0 Å². The second kappa shape index (κ2) is 11.3. The van der Waals surface area contributed by atoms with Gasteiger partial charge in [-0.3, -0.25) is 9.80 Å². The number of rotatable bonds is 8. The van der Waals surface area contributed by atoms with Gasteiger partial charge in [0.25, 0.3) is 0 Å². The molecule has 1 spiro atoms. The zero-order valence-corrected chi connectivity index (χ0v) is 26.8.